The van der Waals surface area contributed by atoms with Gasteiger partial charge in [-0.15, -0.1) is 0 Å². The molecule has 1 aromatic heterocycles. The fourth-order valence-electron chi connectivity index (χ4n) is 1.23. The number of rotatable bonds is 4. The van der Waals surface area contributed by atoms with Crippen molar-refractivity contribution in [2.75, 3.05) is 0 Å². The van der Waals surface area contributed by atoms with Gasteiger partial charge in [0.25, 0.3) is 0 Å². The molecule has 2 atom stereocenters. The molecule has 72 valence electrons. The Bertz CT molecular complexity index is 268. The molecule has 4 heteroatoms. The van der Waals surface area contributed by atoms with E-state index >= 15 is 0 Å². The molecule has 1 rings (SSSR count). The maximum atomic E-state index is 13.1. The first-order chi connectivity index (χ1) is 6.16. The predicted octanol–water partition coefficient (Wildman–Crippen LogP) is 2.20. The van der Waals surface area contributed by atoms with Crippen LogP contribution >= 0.6 is 0 Å². The van der Waals surface area contributed by atoms with Crippen LogP contribution in [-0.4, -0.2) is 17.2 Å². The van der Waals surface area contributed by atoms with Gasteiger partial charge in [-0.1, -0.05) is 6.92 Å². The highest BCUT2D eigenvalue weighted by atomic mass is 19.1. The molecule has 0 aliphatic heterocycles. The van der Waals surface area contributed by atoms with Crippen molar-refractivity contribution < 1.29 is 18.7 Å². The number of hydrogen-bond donors (Lipinski definition) is 1. The summed E-state index contributed by atoms with van der Waals surface area (Å²) in [5.41, 5.74) is 0. The van der Waals surface area contributed by atoms with E-state index in [1.54, 1.807) is 19.1 Å². The molecule has 0 saturated carbocycles. The Balaban J connectivity index is 2.79. The van der Waals surface area contributed by atoms with Gasteiger partial charge in [0, 0.05) is 0 Å². The van der Waals surface area contributed by atoms with Crippen molar-refractivity contribution in [2.24, 2.45) is 0 Å². The van der Waals surface area contributed by atoms with Gasteiger partial charge in [-0.3, -0.25) is 0 Å². The molecule has 0 saturated heterocycles. The fourth-order valence-corrected chi connectivity index (χ4v) is 1.23. The van der Waals surface area contributed by atoms with Crippen molar-refractivity contribution in [3.05, 3.63) is 24.2 Å². The Labute approximate surface area is 75.2 Å². The topological polar surface area (TPSA) is 50.4 Å². The van der Waals surface area contributed by atoms with E-state index in [9.17, 15) is 9.18 Å². The number of carboxylic acids is 1. The molecular weight excluding hydrogens is 175 g/mol. The van der Waals surface area contributed by atoms with Crippen LogP contribution in [0.3, 0.4) is 0 Å². The lowest BCUT2D eigenvalue weighted by Crippen LogP contribution is -2.22. The van der Waals surface area contributed by atoms with E-state index in [2.05, 4.69) is 0 Å². The van der Waals surface area contributed by atoms with Gasteiger partial charge in [-0.25, -0.2) is 9.18 Å². The van der Waals surface area contributed by atoms with Crippen LogP contribution in [0, 0.1) is 0 Å². The third kappa shape index (κ3) is 2.08. The summed E-state index contributed by atoms with van der Waals surface area (Å²) < 4.78 is 18.0. The Morgan fingerprint density at radius 2 is 2.46 bits per heavy atom. The lowest BCUT2D eigenvalue weighted by Gasteiger charge is -2.12. The quantitative estimate of drug-likeness (QED) is 0.784. The smallest absolute Gasteiger partial charge is 0.339 e. The maximum absolute atomic E-state index is 13.1. The van der Waals surface area contributed by atoms with Crippen molar-refractivity contribution in [2.45, 2.75) is 25.4 Å². The second kappa shape index (κ2) is 4.07. The summed E-state index contributed by atoms with van der Waals surface area (Å²) in [5.74, 6) is -1.74. The van der Waals surface area contributed by atoms with Crippen LogP contribution in [0.1, 0.15) is 25.0 Å². The largest absolute Gasteiger partial charge is 0.479 e. The van der Waals surface area contributed by atoms with E-state index < -0.39 is 18.1 Å². The highest BCUT2D eigenvalue weighted by Gasteiger charge is 2.29. The number of carboxylic acid groups (broad SMARTS) is 1. The van der Waals surface area contributed by atoms with Crippen molar-refractivity contribution in [3.8, 4) is 0 Å². The second-order valence-corrected chi connectivity index (χ2v) is 2.77. The zero-order valence-corrected chi connectivity index (χ0v) is 7.24. The number of carbonyl (C=O) groups is 1. The standard InChI is InChI=1S/C9H11FO3/c1-2-6(8(10)9(11)12)7-4-3-5-13-7/h3-6,8H,2H2,1H3,(H,11,12). The zero-order valence-electron chi connectivity index (χ0n) is 7.24. The highest BCUT2D eigenvalue weighted by Crippen LogP contribution is 2.25. The van der Waals surface area contributed by atoms with Gasteiger partial charge in [0.1, 0.15) is 5.76 Å². The summed E-state index contributed by atoms with van der Waals surface area (Å²) in [7, 11) is 0. The third-order valence-electron chi connectivity index (χ3n) is 1.94. The van der Waals surface area contributed by atoms with E-state index in [0.29, 0.717) is 12.2 Å². The molecule has 1 heterocycles. The van der Waals surface area contributed by atoms with Crippen LogP contribution in [0.5, 0.6) is 0 Å². The predicted molar refractivity (Wildman–Crippen MR) is 44.3 cm³/mol. The van der Waals surface area contributed by atoms with Crippen LogP contribution in [0.2, 0.25) is 0 Å². The first kappa shape index (κ1) is 9.77. The SMILES string of the molecule is CCC(c1ccco1)C(F)C(=O)O. The zero-order chi connectivity index (χ0) is 9.84. The van der Waals surface area contributed by atoms with Gasteiger partial charge >= 0.3 is 5.97 Å². The molecule has 0 radical (unpaired) electrons. The number of alkyl halides is 1. The van der Waals surface area contributed by atoms with Crippen LogP contribution in [0.15, 0.2) is 22.8 Å². The normalized spacial score (nSPS) is 15.2. The summed E-state index contributed by atoms with van der Waals surface area (Å²) in [6.45, 7) is 1.72. The molecular formula is C9H11FO3. The minimum absolute atomic E-state index is 0.386. The molecule has 0 aliphatic carbocycles. The summed E-state index contributed by atoms with van der Waals surface area (Å²) in [4.78, 5) is 10.4. The van der Waals surface area contributed by atoms with E-state index in [4.69, 9.17) is 9.52 Å². The molecule has 2 unspecified atom stereocenters. The van der Waals surface area contributed by atoms with Crippen LogP contribution in [0.4, 0.5) is 4.39 Å². The van der Waals surface area contributed by atoms with Gasteiger partial charge in [-0.2, -0.15) is 0 Å². The van der Waals surface area contributed by atoms with Crippen LogP contribution < -0.4 is 0 Å². The Kier molecular flexibility index (Phi) is 3.06. The Morgan fingerprint density at radius 1 is 1.77 bits per heavy atom. The molecule has 0 fully saturated rings. The molecule has 3 nitrogen and oxygen atoms in total. The monoisotopic (exact) mass is 186 g/mol. The lowest BCUT2D eigenvalue weighted by molar-refractivity contribution is -0.143. The number of halogens is 1. The molecule has 13 heavy (non-hydrogen) atoms. The van der Waals surface area contributed by atoms with Gasteiger partial charge in [0.05, 0.1) is 12.2 Å². The first-order valence-electron chi connectivity index (χ1n) is 4.07. The van der Waals surface area contributed by atoms with E-state index in [1.165, 1.54) is 6.26 Å². The average Bonchev–Trinajstić information content (AvgIpc) is 2.58. The molecule has 0 amide bonds. The maximum Gasteiger partial charge on any atom is 0.339 e. The molecule has 0 aromatic carbocycles. The van der Waals surface area contributed by atoms with Crippen molar-refractivity contribution in [1.29, 1.82) is 0 Å². The molecule has 0 spiro atoms. The summed E-state index contributed by atoms with van der Waals surface area (Å²) in [6, 6.07) is 3.20. The summed E-state index contributed by atoms with van der Waals surface area (Å²) in [5, 5.41) is 8.47. The molecule has 0 bridgehead atoms. The summed E-state index contributed by atoms with van der Waals surface area (Å²) >= 11 is 0. The minimum atomic E-state index is -1.89. The molecule has 0 aliphatic rings. The van der Waals surface area contributed by atoms with Gasteiger partial charge in [0.15, 0.2) is 0 Å². The summed E-state index contributed by atoms with van der Waals surface area (Å²) in [6.07, 6.45) is -0.0794. The van der Waals surface area contributed by atoms with Crippen molar-refractivity contribution >= 4 is 5.97 Å². The van der Waals surface area contributed by atoms with E-state index in [-0.39, 0.29) is 0 Å². The first-order valence-corrected chi connectivity index (χ1v) is 4.07. The van der Waals surface area contributed by atoms with Gasteiger partial charge in [-0.05, 0) is 18.6 Å². The average molecular weight is 186 g/mol. The Morgan fingerprint density at radius 3 is 2.85 bits per heavy atom. The third-order valence-corrected chi connectivity index (χ3v) is 1.94. The van der Waals surface area contributed by atoms with Gasteiger partial charge in [0.2, 0.25) is 6.17 Å². The highest BCUT2D eigenvalue weighted by molar-refractivity contribution is 5.73. The van der Waals surface area contributed by atoms with E-state index in [1.807, 2.05) is 0 Å². The minimum Gasteiger partial charge on any atom is -0.479 e. The molecule has 1 N–H and O–H groups in total. The number of hydrogen-bond acceptors (Lipinski definition) is 2. The van der Waals surface area contributed by atoms with Crippen LogP contribution in [0.25, 0.3) is 0 Å². The Hall–Kier alpha value is -1.32. The van der Waals surface area contributed by atoms with Crippen molar-refractivity contribution in [1.82, 2.24) is 0 Å². The fraction of sp³-hybridized carbons (Fsp3) is 0.444. The van der Waals surface area contributed by atoms with Crippen LogP contribution in [-0.2, 0) is 4.79 Å². The van der Waals surface area contributed by atoms with Crippen molar-refractivity contribution in [3.63, 3.8) is 0 Å². The number of aliphatic carboxylic acids is 1. The lowest BCUT2D eigenvalue weighted by atomic mass is 9.98. The second-order valence-electron chi connectivity index (χ2n) is 2.77. The number of furan rings is 1. The molecule has 1 aromatic rings. The van der Waals surface area contributed by atoms with E-state index in [0.717, 1.165) is 0 Å². The van der Waals surface area contributed by atoms with Gasteiger partial charge < -0.3 is 9.52 Å².